The molecule has 2 aliphatic carbocycles. The Balaban J connectivity index is 1.23. The quantitative estimate of drug-likeness (QED) is 0.139. The predicted octanol–water partition coefficient (Wildman–Crippen LogP) is 10.7. The third-order valence-electron chi connectivity index (χ3n) is 9.27. The van der Waals surface area contributed by atoms with Crippen LogP contribution in [0, 0.1) is 47.9 Å². The van der Waals surface area contributed by atoms with Crippen molar-refractivity contribution >= 4 is 0 Å². The van der Waals surface area contributed by atoms with Gasteiger partial charge in [0.1, 0.15) is 12.8 Å². The molecule has 1 nitrogen and oxygen atoms in total. The van der Waals surface area contributed by atoms with E-state index >= 15 is 4.39 Å². The Morgan fingerprint density at radius 1 is 0.780 bits per heavy atom. The van der Waals surface area contributed by atoms with E-state index < -0.39 is 42.5 Å². The number of benzene rings is 2. The number of unbranched alkanes of at least 4 members (excludes halogenated alkanes) is 2. The van der Waals surface area contributed by atoms with Crippen molar-refractivity contribution in [2.45, 2.75) is 109 Å². The zero-order valence-electron chi connectivity index (χ0n) is 24.5. The second-order valence-electron chi connectivity index (χ2n) is 12.3. The first-order valence-corrected chi connectivity index (χ1v) is 15.6. The van der Waals surface area contributed by atoms with Crippen LogP contribution >= 0.6 is 0 Å². The molecule has 2 saturated carbocycles. The number of hydrogen-bond acceptors (Lipinski definition) is 1. The van der Waals surface area contributed by atoms with Crippen LogP contribution in [-0.2, 0) is 6.42 Å². The van der Waals surface area contributed by atoms with Crippen LogP contribution in [0.2, 0.25) is 0 Å². The lowest BCUT2D eigenvalue weighted by atomic mass is 9.76. The molecule has 226 valence electrons. The normalized spacial score (nSPS) is 24.1. The summed E-state index contributed by atoms with van der Waals surface area (Å²) in [6.07, 6.45) is 16.8. The average molecular weight is 577 g/mol. The van der Waals surface area contributed by atoms with Gasteiger partial charge in [0.25, 0.3) is 0 Å². The summed E-state index contributed by atoms with van der Waals surface area (Å²) in [5.74, 6) is -2.56. The molecule has 4 rings (SSSR count). The number of hydrogen-bond donors (Lipinski definition) is 0. The molecular formula is C35H45F5O. The van der Waals surface area contributed by atoms with Gasteiger partial charge in [-0.05, 0) is 105 Å². The highest BCUT2D eigenvalue weighted by atomic mass is 19.2. The van der Waals surface area contributed by atoms with Gasteiger partial charge in [-0.3, -0.25) is 0 Å². The summed E-state index contributed by atoms with van der Waals surface area (Å²) in [5.41, 5.74) is 0.348. The van der Waals surface area contributed by atoms with E-state index in [4.69, 9.17) is 4.74 Å². The van der Waals surface area contributed by atoms with E-state index in [1.54, 1.807) is 0 Å². The molecule has 1 atom stereocenters. The Morgan fingerprint density at radius 2 is 1.44 bits per heavy atom. The van der Waals surface area contributed by atoms with E-state index in [-0.39, 0.29) is 22.8 Å². The van der Waals surface area contributed by atoms with E-state index in [1.165, 1.54) is 82.6 Å². The number of halogens is 5. The zero-order valence-corrected chi connectivity index (χ0v) is 24.5. The summed E-state index contributed by atoms with van der Waals surface area (Å²) in [5, 5.41) is 0. The Hall–Kier alpha value is -2.37. The molecule has 0 N–H and O–H groups in total. The van der Waals surface area contributed by atoms with Crippen LogP contribution in [0.5, 0.6) is 5.75 Å². The zero-order chi connectivity index (χ0) is 29.4. The Morgan fingerprint density at radius 3 is 2.10 bits per heavy atom. The second-order valence-corrected chi connectivity index (χ2v) is 12.3. The molecule has 2 fully saturated rings. The minimum Gasteiger partial charge on any atom is -0.487 e. The summed E-state index contributed by atoms with van der Waals surface area (Å²) < 4.78 is 77.3. The van der Waals surface area contributed by atoms with Gasteiger partial charge < -0.3 is 4.74 Å². The van der Waals surface area contributed by atoms with Gasteiger partial charge in [-0.2, -0.15) is 4.39 Å². The second kappa shape index (κ2) is 15.2. The lowest BCUT2D eigenvalue weighted by Crippen LogP contribution is -2.18. The van der Waals surface area contributed by atoms with Gasteiger partial charge in [0, 0.05) is 6.42 Å². The first-order chi connectivity index (χ1) is 19.8. The lowest BCUT2D eigenvalue weighted by Gasteiger charge is -2.29. The number of aryl methyl sites for hydroxylation is 1. The van der Waals surface area contributed by atoms with Gasteiger partial charge in [-0.15, -0.1) is 0 Å². The fraction of sp³-hybridized carbons (Fsp3) is 0.600. The molecule has 0 bridgehead atoms. The summed E-state index contributed by atoms with van der Waals surface area (Å²) in [6, 6.07) is 5.58. The number of allylic oxidation sites excluding steroid dienone is 2. The smallest absolute Gasteiger partial charge is 0.200 e. The van der Waals surface area contributed by atoms with Crippen LogP contribution in [0.15, 0.2) is 36.4 Å². The third kappa shape index (κ3) is 8.58. The molecule has 2 aromatic rings. The average Bonchev–Trinajstić information content (AvgIpc) is 2.98. The highest BCUT2D eigenvalue weighted by Crippen LogP contribution is 2.40. The maximum absolute atomic E-state index is 15.0. The van der Waals surface area contributed by atoms with Crippen molar-refractivity contribution in [3.8, 4) is 5.75 Å². The first-order valence-electron chi connectivity index (χ1n) is 15.6. The van der Waals surface area contributed by atoms with E-state index in [1.807, 2.05) is 0 Å². The van der Waals surface area contributed by atoms with Crippen molar-refractivity contribution in [1.82, 2.24) is 0 Å². The van der Waals surface area contributed by atoms with Crippen molar-refractivity contribution in [1.29, 1.82) is 0 Å². The minimum absolute atomic E-state index is 0.0601. The molecule has 2 aromatic carbocycles. The summed E-state index contributed by atoms with van der Waals surface area (Å²) in [7, 11) is 0. The molecule has 0 radical (unpaired) electrons. The lowest BCUT2D eigenvalue weighted by molar-refractivity contribution is 0.186. The van der Waals surface area contributed by atoms with Crippen molar-refractivity contribution in [3.63, 3.8) is 0 Å². The molecule has 2 aliphatic rings. The van der Waals surface area contributed by atoms with Crippen LogP contribution in [0.1, 0.15) is 107 Å². The van der Waals surface area contributed by atoms with Gasteiger partial charge >= 0.3 is 0 Å². The van der Waals surface area contributed by atoms with Crippen LogP contribution in [0.3, 0.4) is 0 Å². The molecule has 0 aromatic heterocycles. The molecule has 0 heterocycles. The summed E-state index contributed by atoms with van der Waals surface area (Å²) in [4.78, 5) is 0. The van der Waals surface area contributed by atoms with Crippen LogP contribution in [0.25, 0.3) is 0 Å². The first kappa shape index (κ1) is 31.6. The monoisotopic (exact) mass is 576 g/mol. The van der Waals surface area contributed by atoms with E-state index in [0.29, 0.717) is 17.4 Å². The minimum atomic E-state index is -1.71. The molecule has 0 spiro atoms. The SMILES string of the molecule is CCCCCC1CCC(/C=C/C2CCC(c3ccc(OCC(F)Cc4ccc(C)c(F)c4F)c(F)c3F)CC2)CC1. The number of ether oxygens (including phenoxy) is 1. The largest absolute Gasteiger partial charge is 0.487 e. The Labute approximate surface area is 242 Å². The van der Waals surface area contributed by atoms with Crippen LogP contribution < -0.4 is 4.74 Å². The molecule has 0 amide bonds. The molecule has 6 heteroatoms. The Kier molecular flexibility index (Phi) is 11.7. The topological polar surface area (TPSA) is 9.23 Å². The molecule has 1 unspecified atom stereocenters. The van der Waals surface area contributed by atoms with Crippen LogP contribution in [-0.4, -0.2) is 12.8 Å². The fourth-order valence-corrected chi connectivity index (χ4v) is 6.58. The van der Waals surface area contributed by atoms with Gasteiger partial charge in [0.15, 0.2) is 23.2 Å². The maximum atomic E-state index is 15.0. The van der Waals surface area contributed by atoms with Gasteiger partial charge in [-0.1, -0.05) is 63.0 Å². The maximum Gasteiger partial charge on any atom is 0.200 e. The number of rotatable bonds is 12. The molecule has 0 saturated heterocycles. The van der Waals surface area contributed by atoms with Crippen LogP contribution in [0.4, 0.5) is 22.0 Å². The molecule has 0 aliphatic heterocycles. The molecular weight excluding hydrogens is 531 g/mol. The Bertz CT molecular complexity index is 1150. The highest BCUT2D eigenvalue weighted by Gasteiger charge is 2.27. The van der Waals surface area contributed by atoms with Crippen molar-refractivity contribution in [2.75, 3.05) is 6.61 Å². The van der Waals surface area contributed by atoms with Gasteiger partial charge in [-0.25, -0.2) is 17.6 Å². The van der Waals surface area contributed by atoms with Gasteiger partial charge in [0.2, 0.25) is 5.82 Å². The van der Waals surface area contributed by atoms with Crippen molar-refractivity contribution in [2.24, 2.45) is 17.8 Å². The third-order valence-corrected chi connectivity index (χ3v) is 9.27. The highest BCUT2D eigenvalue weighted by molar-refractivity contribution is 5.33. The van der Waals surface area contributed by atoms with E-state index in [0.717, 1.165) is 31.6 Å². The standard InChI is InChI=1S/C35H45F5O/c1-3-4-5-6-24-8-10-25(11-9-24)12-13-26-14-17-27(18-15-26)30-19-20-31(35(40)34(30)39)41-22-29(36)21-28-16-7-23(2)32(37)33(28)38/h7,12-13,16,19-20,24-27,29H,3-6,8-11,14-15,17-18,21-22H2,1-2H3/b13-12+. The van der Waals surface area contributed by atoms with Gasteiger partial charge in [0.05, 0.1) is 0 Å². The van der Waals surface area contributed by atoms with E-state index in [9.17, 15) is 17.6 Å². The predicted molar refractivity (Wildman–Crippen MR) is 155 cm³/mol. The van der Waals surface area contributed by atoms with E-state index in [2.05, 4.69) is 19.1 Å². The van der Waals surface area contributed by atoms with Crippen molar-refractivity contribution < 1.29 is 26.7 Å². The summed E-state index contributed by atoms with van der Waals surface area (Å²) in [6.45, 7) is 3.08. The summed E-state index contributed by atoms with van der Waals surface area (Å²) >= 11 is 0. The van der Waals surface area contributed by atoms with Crippen molar-refractivity contribution in [3.05, 3.63) is 76.4 Å². The molecule has 41 heavy (non-hydrogen) atoms. The fourth-order valence-electron chi connectivity index (χ4n) is 6.58. The number of alkyl halides is 1.